The molecule has 54 valence electrons. The third-order valence-electron chi connectivity index (χ3n) is 1.41. The van der Waals surface area contributed by atoms with Gasteiger partial charge in [-0.1, -0.05) is 13.8 Å². The van der Waals surface area contributed by atoms with Gasteiger partial charge in [0.05, 0.1) is 5.92 Å². The highest BCUT2D eigenvalue weighted by Gasteiger charge is 2.14. The molecule has 0 bridgehead atoms. The number of hydrogen-bond donors (Lipinski definition) is 1. The SMILES string of the molecule is CCC(CC)C(=O)OO. The minimum Gasteiger partial charge on any atom is -0.301 e. The summed E-state index contributed by atoms with van der Waals surface area (Å²) >= 11 is 0. The molecule has 0 saturated carbocycles. The van der Waals surface area contributed by atoms with E-state index in [1.54, 1.807) is 0 Å². The predicted octanol–water partition coefficient (Wildman–Crippen LogP) is 1.44. The average molecular weight is 132 g/mol. The van der Waals surface area contributed by atoms with E-state index >= 15 is 0 Å². The van der Waals surface area contributed by atoms with Crippen LogP contribution in [0, 0.1) is 5.92 Å². The number of carbonyl (C=O) groups is 1. The molecule has 0 rings (SSSR count). The topological polar surface area (TPSA) is 46.5 Å². The normalized spacial score (nSPS) is 9.78. The lowest BCUT2D eigenvalue weighted by atomic mass is 10.0. The fraction of sp³-hybridized carbons (Fsp3) is 0.833. The number of rotatable bonds is 3. The van der Waals surface area contributed by atoms with Crippen LogP contribution in [-0.2, 0) is 9.68 Å². The summed E-state index contributed by atoms with van der Waals surface area (Å²) in [5.74, 6) is -0.671. The van der Waals surface area contributed by atoms with Crippen molar-refractivity contribution < 1.29 is 14.9 Å². The highest BCUT2D eigenvalue weighted by molar-refractivity contribution is 5.71. The van der Waals surface area contributed by atoms with E-state index in [9.17, 15) is 4.79 Å². The highest BCUT2D eigenvalue weighted by Crippen LogP contribution is 2.07. The molecule has 0 aromatic rings. The molecule has 9 heavy (non-hydrogen) atoms. The maximum Gasteiger partial charge on any atom is 0.345 e. The van der Waals surface area contributed by atoms with Crippen molar-refractivity contribution in [3.8, 4) is 0 Å². The van der Waals surface area contributed by atoms with E-state index in [2.05, 4.69) is 4.89 Å². The largest absolute Gasteiger partial charge is 0.345 e. The van der Waals surface area contributed by atoms with Crippen molar-refractivity contribution in [2.24, 2.45) is 5.92 Å². The van der Waals surface area contributed by atoms with Gasteiger partial charge in [-0.3, -0.25) is 0 Å². The monoisotopic (exact) mass is 132 g/mol. The fourth-order valence-electron chi connectivity index (χ4n) is 0.697. The van der Waals surface area contributed by atoms with Crippen LogP contribution in [0.1, 0.15) is 26.7 Å². The summed E-state index contributed by atoms with van der Waals surface area (Å²) in [7, 11) is 0. The molecule has 0 unspecified atom stereocenters. The van der Waals surface area contributed by atoms with Crippen LogP contribution in [0.4, 0.5) is 0 Å². The van der Waals surface area contributed by atoms with Crippen LogP contribution in [0.3, 0.4) is 0 Å². The Kier molecular flexibility index (Phi) is 4.05. The average Bonchev–Trinajstić information content (AvgIpc) is 1.90. The van der Waals surface area contributed by atoms with E-state index in [1.165, 1.54) is 0 Å². The molecule has 0 saturated heterocycles. The molecule has 0 heterocycles. The molecule has 0 atom stereocenters. The Labute approximate surface area is 54.6 Å². The maximum absolute atomic E-state index is 10.5. The Morgan fingerprint density at radius 1 is 1.56 bits per heavy atom. The predicted molar refractivity (Wildman–Crippen MR) is 32.8 cm³/mol. The molecule has 0 spiro atoms. The Hall–Kier alpha value is -0.570. The summed E-state index contributed by atoms with van der Waals surface area (Å²) in [6, 6.07) is 0. The van der Waals surface area contributed by atoms with Crippen LogP contribution in [0.2, 0.25) is 0 Å². The first-order valence-corrected chi connectivity index (χ1v) is 3.11. The van der Waals surface area contributed by atoms with Crippen molar-refractivity contribution in [2.45, 2.75) is 26.7 Å². The number of carbonyl (C=O) groups excluding carboxylic acids is 1. The Morgan fingerprint density at radius 2 is 2.00 bits per heavy atom. The molecule has 3 heteroatoms. The van der Waals surface area contributed by atoms with E-state index < -0.39 is 5.97 Å². The first kappa shape index (κ1) is 8.43. The molecule has 0 aliphatic heterocycles. The smallest absolute Gasteiger partial charge is 0.301 e. The molecule has 0 aliphatic rings. The van der Waals surface area contributed by atoms with Gasteiger partial charge in [-0.05, 0) is 12.8 Å². The Morgan fingerprint density at radius 3 is 2.11 bits per heavy atom. The Balaban J connectivity index is 3.64. The van der Waals surface area contributed by atoms with Crippen LogP contribution in [0.5, 0.6) is 0 Å². The maximum atomic E-state index is 10.5. The zero-order valence-electron chi connectivity index (χ0n) is 5.76. The van der Waals surface area contributed by atoms with Crippen LogP contribution in [0.25, 0.3) is 0 Å². The summed E-state index contributed by atoms with van der Waals surface area (Å²) in [5.41, 5.74) is 0. The quantitative estimate of drug-likeness (QED) is 0.467. The first-order chi connectivity index (χ1) is 4.26. The van der Waals surface area contributed by atoms with Crippen molar-refractivity contribution in [3.63, 3.8) is 0 Å². The van der Waals surface area contributed by atoms with Crippen molar-refractivity contribution in [3.05, 3.63) is 0 Å². The van der Waals surface area contributed by atoms with Gasteiger partial charge in [-0.2, -0.15) is 5.26 Å². The second-order valence-corrected chi connectivity index (χ2v) is 1.92. The van der Waals surface area contributed by atoms with Gasteiger partial charge < -0.3 is 4.89 Å². The molecule has 0 aliphatic carbocycles. The van der Waals surface area contributed by atoms with Crippen LogP contribution in [-0.4, -0.2) is 11.2 Å². The summed E-state index contributed by atoms with van der Waals surface area (Å²) in [5, 5.41) is 7.92. The van der Waals surface area contributed by atoms with E-state index in [0.29, 0.717) is 0 Å². The van der Waals surface area contributed by atoms with Gasteiger partial charge >= 0.3 is 5.97 Å². The lowest BCUT2D eigenvalue weighted by Crippen LogP contribution is -2.14. The molecule has 0 aromatic heterocycles. The van der Waals surface area contributed by atoms with Crippen LogP contribution < -0.4 is 0 Å². The van der Waals surface area contributed by atoms with Gasteiger partial charge in [0, 0.05) is 0 Å². The van der Waals surface area contributed by atoms with Gasteiger partial charge in [0.15, 0.2) is 0 Å². The van der Waals surface area contributed by atoms with E-state index in [1.807, 2.05) is 13.8 Å². The van der Waals surface area contributed by atoms with E-state index in [4.69, 9.17) is 5.26 Å². The van der Waals surface area contributed by atoms with Crippen LogP contribution >= 0.6 is 0 Å². The minimum absolute atomic E-state index is 0.144. The zero-order chi connectivity index (χ0) is 7.28. The van der Waals surface area contributed by atoms with Crippen molar-refractivity contribution in [2.75, 3.05) is 0 Å². The van der Waals surface area contributed by atoms with Crippen LogP contribution in [0.15, 0.2) is 0 Å². The van der Waals surface area contributed by atoms with E-state index in [0.717, 1.165) is 12.8 Å². The van der Waals surface area contributed by atoms with Crippen molar-refractivity contribution >= 4 is 5.97 Å². The second-order valence-electron chi connectivity index (χ2n) is 1.92. The molecule has 3 nitrogen and oxygen atoms in total. The van der Waals surface area contributed by atoms with Gasteiger partial charge in [0.25, 0.3) is 0 Å². The molecular formula is C6H12O3. The third kappa shape index (κ3) is 2.46. The fourth-order valence-corrected chi connectivity index (χ4v) is 0.697. The molecular weight excluding hydrogens is 120 g/mol. The molecule has 0 aromatic carbocycles. The van der Waals surface area contributed by atoms with Gasteiger partial charge in [0.2, 0.25) is 0 Å². The third-order valence-corrected chi connectivity index (χ3v) is 1.41. The van der Waals surface area contributed by atoms with Crippen molar-refractivity contribution in [1.29, 1.82) is 0 Å². The molecule has 1 N–H and O–H groups in total. The number of hydrogen-bond acceptors (Lipinski definition) is 3. The highest BCUT2D eigenvalue weighted by atomic mass is 17.1. The minimum atomic E-state index is -0.528. The lowest BCUT2D eigenvalue weighted by Gasteiger charge is -2.05. The Bertz CT molecular complexity index is 86.3. The first-order valence-electron chi connectivity index (χ1n) is 3.11. The molecule has 0 radical (unpaired) electrons. The lowest BCUT2D eigenvalue weighted by molar-refractivity contribution is -0.239. The summed E-state index contributed by atoms with van der Waals surface area (Å²) in [6.45, 7) is 3.76. The summed E-state index contributed by atoms with van der Waals surface area (Å²) < 4.78 is 0. The molecule has 0 fully saturated rings. The second kappa shape index (κ2) is 4.32. The van der Waals surface area contributed by atoms with Gasteiger partial charge in [-0.25, -0.2) is 4.79 Å². The van der Waals surface area contributed by atoms with E-state index in [-0.39, 0.29) is 5.92 Å². The van der Waals surface area contributed by atoms with Crippen molar-refractivity contribution in [1.82, 2.24) is 0 Å². The standard InChI is InChI=1S/C6H12O3/c1-3-5(4-2)6(7)9-8/h5,8H,3-4H2,1-2H3. The zero-order valence-corrected chi connectivity index (χ0v) is 5.76. The van der Waals surface area contributed by atoms with Gasteiger partial charge in [-0.15, -0.1) is 0 Å². The summed E-state index contributed by atoms with van der Waals surface area (Å²) in [4.78, 5) is 14.1. The van der Waals surface area contributed by atoms with Gasteiger partial charge in [0.1, 0.15) is 0 Å². The summed E-state index contributed by atoms with van der Waals surface area (Å²) in [6.07, 6.45) is 1.44. The molecule has 0 amide bonds.